The predicted octanol–water partition coefficient (Wildman–Crippen LogP) is 4.57. The number of aromatic amines is 1. The first-order chi connectivity index (χ1) is 14.9. The van der Waals surface area contributed by atoms with E-state index in [1.54, 1.807) is 6.07 Å². The van der Waals surface area contributed by atoms with Gasteiger partial charge in [-0.25, -0.2) is 0 Å². The molecule has 2 heterocycles. The highest BCUT2D eigenvalue weighted by molar-refractivity contribution is 6.42. The lowest BCUT2D eigenvalue weighted by Crippen LogP contribution is -2.40. The van der Waals surface area contributed by atoms with Gasteiger partial charge in [-0.05, 0) is 68.1 Å². The van der Waals surface area contributed by atoms with Crippen molar-refractivity contribution in [1.29, 1.82) is 0 Å². The number of phenols is 2. The fourth-order valence-corrected chi connectivity index (χ4v) is 4.44. The summed E-state index contributed by atoms with van der Waals surface area (Å²) in [5.74, 6) is -0.00293. The van der Waals surface area contributed by atoms with E-state index in [1.807, 2.05) is 18.2 Å². The van der Waals surface area contributed by atoms with E-state index in [4.69, 9.17) is 23.2 Å². The van der Waals surface area contributed by atoms with Crippen molar-refractivity contribution in [2.24, 2.45) is 5.92 Å². The molecule has 0 saturated carbocycles. The number of phenolic OH excluding ortho intramolecular Hbond substituents is 2. The van der Waals surface area contributed by atoms with Crippen LogP contribution in [0.2, 0.25) is 10.0 Å². The van der Waals surface area contributed by atoms with E-state index in [-0.39, 0.29) is 17.4 Å². The van der Waals surface area contributed by atoms with Gasteiger partial charge in [0.05, 0.1) is 10.0 Å². The maximum absolute atomic E-state index is 12.4. The van der Waals surface area contributed by atoms with Crippen LogP contribution >= 0.6 is 23.2 Å². The number of aromatic nitrogens is 1. The van der Waals surface area contributed by atoms with Crippen molar-refractivity contribution in [3.05, 3.63) is 57.7 Å². The molecule has 0 unspecified atom stereocenters. The number of carbonyl (C=O) groups excluding carboxylic acids is 1. The molecule has 0 atom stereocenters. The highest BCUT2D eigenvalue weighted by Gasteiger charge is 2.20. The Kier molecular flexibility index (Phi) is 6.60. The van der Waals surface area contributed by atoms with Crippen LogP contribution in [0.25, 0.3) is 10.9 Å². The summed E-state index contributed by atoms with van der Waals surface area (Å²) in [7, 11) is 0. The minimum atomic E-state index is -0.219. The van der Waals surface area contributed by atoms with Gasteiger partial charge in [0, 0.05) is 30.1 Å². The summed E-state index contributed by atoms with van der Waals surface area (Å²) in [6.45, 7) is 3.37. The number of hydrogen-bond donors (Lipinski definition) is 4. The molecule has 164 valence electrons. The molecule has 1 fully saturated rings. The number of hydrogen-bond acceptors (Lipinski definition) is 4. The fourth-order valence-electron chi connectivity index (χ4n) is 4.12. The minimum absolute atomic E-state index is 0.204. The zero-order chi connectivity index (χ0) is 22.0. The summed E-state index contributed by atoms with van der Waals surface area (Å²) in [5.41, 5.74) is 2.23. The maximum Gasteiger partial charge on any atom is 0.267 e. The molecule has 1 aromatic heterocycles. The number of nitrogens with zero attached hydrogens (tertiary/aromatic N) is 1. The lowest BCUT2D eigenvalue weighted by atomic mass is 9.90. The van der Waals surface area contributed by atoms with Crippen LogP contribution in [0.3, 0.4) is 0 Å². The molecule has 4 rings (SSSR count). The molecule has 0 aliphatic carbocycles. The van der Waals surface area contributed by atoms with Gasteiger partial charge in [0.1, 0.15) is 5.69 Å². The van der Waals surface area contributed by atoms with Gasteiger partial charge in [-0.1, -0.05) is 29.3 Å². The van der Waals surface area contributed by atoms with Gasteiger partial charge < -0.3 is 25.4 Å². The normalized spacial score (nSPS) is 15.4. The maximum atomic E-state index is 12.4. The SMILES string of the molecule is O=C(NCCN1CCC(Cc2ccc(Cl)c(Cl)c2)CC1)c1cc2cc(O)c(O)cc2[nH]1. The average molecular weight is 462 g/mol. The van der Waals surface area contributed by atoms with Gasteiger partial charge in [-0.2, -0.15) is 0 Å². The second-order valence-electron chi connectivity index (χ2n) is 8.10. The van der Waals surface area contributed by atoms with Crippen molar-refractivity contribution in [1.82, 2.24) is 15.2 Å². The van der Waals surface area contributed by atoms with Gasteiger partial charge in [0.15, 0.2) is 11.5 Å². The first kappa shape index (κ1) is 21.8. The molecule has 4 N–H and O–H groups in total. The number of H-pyrrole nitrogens is 1. The minimum Gasteiger partial charge on any atom is -0.504 e. The van der Waals surface area contributed by atoms with Crippen molar-refractivity contribution >= 4 is 40.0 Å². The molecule has 31 heavy (non-hydrogen) atoms. The Morgan fingerprint density at radius 2 is 1.81 bits per heavy atom. The molecule has 3 aromatic rings. The van der Waals surface area contributed by atoms with Crippen molar-refractivity contribution in [3.63, 3.8) is 0 Å². The summed E-state index contributed by atoms with van der Waals surface area (Å²) < 4.78 is 0. The summed E-state index contributed by atoms with van der Waals surface area (Å²) in [6, 6.07) is 10.4. The average Bonchev–Trinajstić information content (AvgIpc) is 3.15. The molecule has 0 bridgehead atoms. The number of benzene rings is 2. The van der Waals surface area contributed by atoms with Crippen LogP contribution in [-0.2, 0) is 6.42 Å². The summed E-state index contributed by atoms with van der Waals surface area (Å²) >= 11 is 12.1. The summed E-state index contributed by atoms with van der Waals surface area (Å²) in [6.07, 6.45) is 3.24. The number of likely N-dealkylation sites (tertiary alicyclic amines) is 1. The van der Waals surface area contributed by atoms with Crippen molar-refractivity contribution in [3.8, 4) is 11.5 Å². The molecule has 8 heteroatoms. The molecular formula is C23H25Cl2N3O3. The van der Waals surface area contributed by atoms with E-state index in [2.05, 4.69) is 15.2 Å². The third-order valence-electron chi connectivity index (χ3n) is 5.89. The van der Waals surface area contributed by atoms with E-state index in [0.717, 1.165) is 38.9 Å². The Bertz CT molecular complexity index is 1050. The predicted molar refractivity (Wildman–Crippen MR) is 123 cm³/mol. The third kappa shape index (κ3) is 5.26. The Morgan fingerprint density at radius 1 is 1.06 bits per heavy atom. The molecule has 0 radical (unpaired) electrons. The highest BCUT2D eigenvalue weighted by atomic mass is 35.5. The first-order valence-electron chi connectivity index (χ1n) is 10.4. The lowest BCUT2D eigenvalue weighted by Gasteiger charge is -2.32. The molecule has 1 aliphatic heterocycles. The monoisotopic (exact) mass is 461 g/mol. The largest absolute Gasteiger partial charge is 0.504 e. The van der Waals surface area contributed by atoms with Crippen molar-refractivity contribution in [2.45, 2.75) is 19.3 Å². The van der Waals surface area contributed by atoms with Gasteiger partial charge in [0.2, 0.25) is 0 Å². The Labute approximate surface area is 190 Å². The van der Waals surface area contributed by atoms with Gasteiger partial charge in [0.25, 0.3) is 5.91 Å². The third-order valence-corrected chi connectivity index (χ3v) is 6.63. The van der Waals surface area contributed by atoms with Crippen LogP contribution < -0.4 is 5.32 Å². The van der Waals surface area contributed by atoms with E-state index >= 15 is 0 Å². The molecule has 0 spiro atoms. The molecule has 1 saturated heterocycles. The molecular weight excluding hydrogens is 437 g/mol. The first-order valence-corrected chi connectivity index (χ1v) is 11.1. The van der Waals surface area contributed by atoms with Gasteiger partial charge in [-0.15, -0.1) is 0 Å². The number of carbonyl (C=O) groups is 1. The van der Waals surface area contributed by atoms with Crippen LogP contribution in [-0.4, -0.2) is 52.2 Å². The van der Waals surface area contributed by atoms with E-state index in [1.165, 1.54) is 17.7 Å². The second kappa shape index (κ2) is 9.39. The van der Waals surface area contributed by atoms with Crippen LogP contribution in [0.5, 0.6) is 11.5 Å². The fraction of sp³-hybridized carbons (Fsp3) is 0.348. The van der Waals surface area contributed by atoms with Gasteiger partial charge >= 0.3 is 0 Å². The number of aromatic hydroxyl groups is 2. The van der Waals surface area contributed by atoms with E-state index in [0.29, 0.717) is 39.1 Å². The zero-order valence-electron chi connectivity index (χ0n) is 17.0. The molecule has 1 aliphatic rings. The van der Waals surface area contributed by atoms with Crippen LogP contribution in [0.4, 0.5) is 0 Å². The van der Waals surface area contributed by atoms with Gasteiger partial charge in [-0.3, -0.25) is 4.79 Å². The number of piperidine rings is 1. The Morgan fingerprint density at radius 3 is 2.55 bits per heavy atom. The van der Waals surface area contributed by atoms with Crippen molar-refractivity contribution < 1.29 is 15.0 Å². The summed E-state index contributed by atoms with van der Waals surface area (Å²) in [4.78, 5) is 17.8. The number of fused-ring (bicyclic) bond motifs is 1. The number of rotatable bonds is 6. The number of nitrogens with one attached hydrogen (secondary N) is 2. The topological polar surface area (TPSA) is 88.6 Å². The molecule has 6 nitrogen and oxygen atoms in total. The lowest BCUT2D eigenvalue weighted by molar-refractivity contribution is 0.0940. The van der Waals surface area contributed by atoms with Crippen LogP contribution in [0.1, 0.15) is 28.9 Å². The second-order valence-corrected chi connectivity index (χ2v) is 8.92. The highest BCUT2D eigenvalue weighted by Crippen LogP contribution is 2.30. The van der Waals surface area contributed by atoms with Crippen LogP contribution in [0, 0.1) is 5.92 Å². The standard InChI is InChI=1S/C23H25Cl2N3O3/c24-17-2-1-15(10-18(17)25)9-14-3-6-28(7-4-14)8-5-26-23(31)20-11-16-12-21(29)22(30)13-19(16)27-20/h1-2,10-14,27,29-30H,3-9H2,(H,26,31). The number of halogens is 2. The summed E-state index contributed by atoms with van der Waals surface area (Å²) in [5, 5.41) is 24.0. The number of amides is 1. The smallest absolute Gasteiger partial charge is 0.267 e. The molecule has 2 aromatic carbocycles. The zero-order valence-corrected chi connectivity index (χ0v) is 18.5. The molecule has 1 amide bonds. The van der Waals surface area contributed by atoms with Crippen LogP contribution in [0.15, 0.2) is 36.4 Å². The van der Waals surface area contributed by atoms with Crippen molar-refractivity contribution in [2.75, 3.05) is 26.2 Å². The quantitative estimate of drug-likeness (QED) is 0.404. The Balaban J connectivity index is 1.22. The Hall–Kier alpha value is -2.41. The van der Waals surface area contributed by atoms with E-state index in [9.17, 15) is 15.0 Å². The van der Waals surface area contributed by atoms with E-state index < -0.39 is 0 Å².